The quantitative estimate of drug-likeness (QED) is 0.863. The van der Waals surface area contributed by atoms with Gasteiger partial charge in [0.1, 0.15) is 0 Å². The number of hydrogen-bond acceptors (Lipinski definition) is 3. The lowest BCUT2D eigenvalue weighted by Crippen LogP contribution is -2.37. The second-order valence-electron chi connectivity index (χ2n) is 4.84. The van der Waals surface area contributed by atoms with Crippen LogP contribution in [0, 0.1) is 5.92 Å². The minimum atomic E-state index is 0.247. The van der Waals surface area contributed by atoms with Crippen molar-refractivity contribution in [1.29, 1.82) is 0 Å². The fourth-order valence-corrected chi connectivity index (χ4v) is 3.28. The summed E-state index contributed by atoms with van der Waals surface area (Å²) in [6.45, 7) is 4.49. The summed E-state index contributed by atoms with van der Waals surface area (Å²) >= 11 is 1.94. The molecule has 0 aliphatic carbocycles. The van der Waals surface area contributed by atoms with Crippen LogP contribution in [0.3, 0.4) is 0 Å². The molecule has 1 aliphatic heterocycles. The van der Waals surface area contributed by atoms with Crippen LogP contribution >= 0.6 is 11.8 Å². The standard InChI is InChI=1S/C14H21NOS/c1-10(9-16)11(2)15-13-7-8-17-14-6-4-3-5-12(13)14/h3-6,10-11,13,15-16H,7-9H2,1-2H3. The SMILES string of the molecule is CC(CO)C(C)NC1CCSc2ccccc21. The van der Waals surface area contributed by atoms with Crippen LogP contribution in [0.15, 0.2) is 29.2 Å². The molecule has 0 bridgehead atoms. The first-order valence-corrected chi connectivity index (χ1v) is 7.29. The Morgan fingerprint density at radius 3 is 2.94 bits per heavy atom. The van der Waals surface area contributed by atoms with Crippen molar-refractivity contribution in [3.8, 4) is 0 Å². The Morgan fingerprint density at radius 1 is 1.41 bits per heavy atom. The number of benzene rings is 1. The zero-order chi connectivity index (χ0) is 12.3. The molecular weight excluding hydrogens is 230 g/mol. The molecule has 1 aromatic carbocycles. The Balaban J connectivity index is 2.08. The van der Waals surface area contributed by atoms with Crippen LogP contribution in [-0.4, -0.2) is 23.5 Å². The predicted octanol–water partition coefficient (Wildman–Crippen LogP) is 2.83. The Hall–Kier alpha value is -0.510. The van der Waals surface area contributed by atoms with E-state index in [1.165, 1.54) is 22.6 Å². The van der Waals surface area contributed by atoms with Crippen LogP contribution in [-0.2, 0) is 0 Å². The summed E-state index contributed by atoms with van der Waals surface area (Å²) in [4.78, 5) is 1.40. The molecule has 94 valence electrons. The van der Waals surface area contributed by atoms with E-state index in [1.807, 2.05) is 11.8 Å². The van der Waals surface area contributed by atoms with Gasteiger partial charge < -0.3 is 10.4 Å². The molecular formula is C14H21NOS. The van der Waals surface area contributed by atoms with Gasteiger partial charge in [-0.15, -0.1) is 11.8 Å². The van der Waals surface area contributed by atoms with Crippen molar-refractivity contribution in [2.45, 2.75) is 37.2 Å². The first kappa shape index (κ1) is 12.9. The number of rotatable bonds is 4. The van der Waals surface area contributed by atoms with Gasteiger partial charge in [-0.25, -0.2) is 0 Å². The molecule has 2 rings (SSSR count). The van der Waals surface area contributed by atoms with Gasteiger partial charge in [0.25, 0.3) is 0 Å². The molecule has 0 saturated carbocycles. The lowest BCUT2D eigenvalue weighted by molar-refractivity contribution is 0.200. The molecule has 1 heterocycles. The van der Waals surface area contributed by atoms with E-state index < -0.39 is 0 Å². The fraction of sp³-hybridized carbons (Fsp3) is 0.571. The molecule has 2 nitrogen and oxygen atoms in total. The molecule has 3 heteroatoms. The number of nitrogens with one attached hydrogen (secondary N) is 1. The monoisotopic (exact) mass is 251 g/mol. The summed E-state index contributed by atoms with van der Waals surface area (Å²) in [5, 5.41) is 12.8. The molecule has 3 unspecified atom stereocenters. The van der Waals surface area contributed by atoms with E-state index in [4.69, 9.17) is 0 Å². The van der Waals surface area contributed by atoms with E-state index in [2.05, 4.69) is 43.4 Å². The van der Waals surface area contributed by atoms with Crippen molar-refractivity contribution in [2.24, 2.45) is 5.92 Å². The Labute approximate surface area is 108 Å². The second kappa shape index (κ2) is 5.89. The van der Waals surface area contributed by atoms with E-state index in [9.17, 15) is 5.11 Å². The van der Waals surface area contributed by atoms with Crippen molar-refractivity contribution < 1.29 is 5.11 Å². The third kappa shape index (κ3) is 3.03. The van der Waals surface area contributed by atoms with E-state index in [0.29, 0.717) is 18.0 Å². The van der Waals surface area contributed by atoms with Crippen molar-refractivity contribution in [3.63, 3.8) is 0 Å². The average Bonchev–Trinajstić information content (AvgIpc) is 2.38. The smallest absolute Gasteiger partial charge is 0.0471 e. The van der Waals surface area contributed by atoms with Gasteiger partial charge in [0.05, 0.1) is 0 Å². The number of fused-ring (bicyclic) bond motifs is 1. The molecule has 2 N–H and O–H groups in total. The van der Waals surface area contributed by atoms with Crippen molar-refractivity contribution in [1.82, 2.24) is 5.32 Å². The number of thioether (sulfide) groups is 1. The van der Waals surface area contributed by atoms with Crippen molar-refractivity contribution >= 4 is 11.8 Å². The van der Waals surface area contributed by atoms with Crippen LogP contribution in [0.25, 0.3) is 0 Å². The zero-order valence-corrected chi connectivity index (χ0v) is 11.3. The van der Waals surface area contributed by atoms with Gasteiger partial charge in [0, 0.05) is 23.6 Å². The lowest BCUT2D eigenvalue weighted by atomic mass is 9.99. The van der Waals surface area contributed by atoms with E-state index in [0.717, 1.165) is 0 Å². The molecule has 0 spiro atoms. The molecule has 1 aromatic rings. The van der Waals surface area contributed by atoms with Crippen LogP contribution in [0.5, 0.6) is 0 Å². The van der Waals surface area contributed by atoms with Crippen LogP contribution < -0.4 is 5.32 Å². The van der Waals surface area contributed by atoms with Gasteiger partial charge in [-0.1, -0.05) is 25.1 Å². The van der Waals surface area contributed by atoms with E-state index in [-0.39, 0.29) is 6.61 Å². The Kier molecular flexibility index (Phi) is 4.48. The highest BCUT2D eigenvalue weighted by molar-refractivity contribution is 7.99. The molecule has 0 amide bonds. The number of hydrogen-bond donors (Lipinski definition) is 2. The highest BCUT2D eigenvalue weighted by atomic mass is 32.2. The maximum absolute atomic E-state index is 9.19. The van der Waals surface area contributed by atoms with Gasteiger partial charge in [-0.3, -0.25) is 0 Å². The molecule has 0 aromatic heterocycles. The molecule has 0 radical (unpaired) electrons. The summed E-state index contributed by atoms with van der Waals surface area (Å²) in [5.74, 6) is 1.48. The summed E-state index contributed by atoms with van der Waals surface area (Å²) in [6, 6.07) is 9.43. The zero-order valence-electron chi connectivity index (χ0n) is 10.5. The van der Waals surface area contributed by atoms with Crippen LogP contribution in [0.1, 0.15) is 31.9 Å². The Morgan fingerprint density at radius 2 is 2.18 bits per heavy atom. The van der Waals surface area contributed by atoms with E-state index in [1.54, 1.807) is 0 Å². The lowest BCUT2D eigenvalue weighted by Gasteiger charge is -2.30. The molecule has 1 aliphatic rings. The first-order valence-electron chi connectivity index (χ1n) is 6.31. The van der Waals surface area contributed by atoms with Gasteiger partial charge in [0.2, 0.25) is 0 Å². The second-order valence-corrected chi connectivity index (χ2v) is 5.98. The summed E-state index contributed by atoms with van der Waals surface area (Å²) in [7, 11) is 0. The minimum absolute atomic E-state index is 0.247. The van der Waals surface area contributed by atoms with Gasteiger partial charge >= 0.3 is 0 Å². The summed E-state index contributed by atoms with van der Waals surface area (Å²) in [6.07, 6.45) is 1.17. The molecule has 3 atom stereocenters. The van der Waals surface area contributed by atoms with Crippen molar-refractivity contribution in [2.75, 3.05) is 12.4 Å². The highest BCUT2D eigenvalue weighted by Crippen LogP contribution is 2.36. The van der Waals surface area contributed by atoms with Gasteiger partial charge in [-0.2, -0.15) is 0 Å². The minimum Gasteiger partial charge on any atom is -0.396 e. The number of aliphatic hydroxyl groups is 1. The normalized spacial score (nSPS) is 22.9. The first-order chi connectivity index (χ1) is 8.22. The van der Waals surface area contributed by atoms with Gasteiger partial charge in [0.15, 0.2) is 0 Å². The third-order valence-corrected chi connectivity index (χ3v) is 4.69. The van der Waals surface area contributed by atoms with Crippen LogP contribution in [0.2, 0.25) is 0 Å². The average molecular weight is 251 g/mol. The number of aliphatic hydroxyl groups excluding tert-OH is 1. The van der Waals surface area contributed by atoms with Crippen molar-refractivity contribution in [3.05, 3.63) is 29.8 Å². The largest absolute Gasteiger partial charge is 0.396 e. The molecule has 0 saturated heterocycles. The molecule has 0 fully saturated rings. The third-order valence-electron chi connectivity index (χ3n) is 3.56. The highest BCUT2D eigenvalue weighted by Gasteiger charge is 2.23. The van der Waals surface area contributed by atoms with Gasteiger partial charge in [-0.05, 0) is 36.6 Å². The fourth-order valence-electron chi connectivity index (χ4n) is 2.15. The summed E-state index contributed by atoms with van der Waals surface area (Å²) in [5.41, 5.74) is 1.42. The topological polar surface area (TPSA) is 32.3 Å². The maximum Gasteiger partial charge on any atom is 0.0471 e. The Bertz CT molecular complexity index is 369. The van der Waals surface area contributed by atoms with Crippen LogP contribution in [0.4, 0.5) is 0 Å². The van der Waals surface area contributed by atoms with E-state index >= 15 is 0 Å². The molecule has 17 heavy (non-hydrogen) atoms. The predicted molar refractivity (Wildman–Crippen MR) is 73.4 cm³/mol. The summed E-state index contributed by atoms with van der Waals surface area (Å²) < 4.78 is 0. The maximum atomic E-state index is 9.19.